The number of amides is 1. The van der Waals surface area contributed by atoms with E-state index in [1.54, 1.807) is 25.3 Å². The van der Waals surface area contributed by atoms with E-state index in [4.69, 9.17) is 14.2 Å². The summed E-state index contributed by atoms with van der Waals surface area (Å²) in [4.78, 5) is 27.0. The minimum atomic E-state index is -0.560. The number of piperidine rings is 1. The monoisotopic (exact) mass is 361 g/mol. The van der Waals surface area contributed by atoms with Gasteiger partial charge < -0.3 is 19.1 Å². The van der Waals surface area contributed by atoms with Crippen LogP contribution in [-0.2, 0) is 9.53 Å². The summed E-state index contributed by atoms with van der Waals surface area (Å²) < 4.78 is 15.6. The number of methoxy groups -OCH3 is 2. The van der Waals surface area contributed by atoms with Crippen LogP contribution in [0.3, 0.4) is 0 Å². The predicted molar refractivity (Wildman–Crippen MR) is 96.5 cm³/mol. The predicted octanol–water partition coefficient (Wildman–Crippen LogP) is 3.04. The molecule has 0 radical (unpaired) electrons. The molecule has 1 heterocycles. The summed E-state index contributed by atoms with van der Waals surface area (Å²) in [5.41, 5.74) is 0.287. The first-order valence-electron chi connectivity index (χ1n) is 9.32. The van der Waals surface area contributed by atoms with E-state index in [1.807, 2.05) is 4.90 Å². The second kappa shape index (κ2) is 8.43. The van der Waals surface area contributed by atoms with Crippen molar-refractivity contribution in [2.75, 3.05) is 27.4 Å². The lowest BCUT2D eigenvalue weighted by Gasteiger charge is -2.44. The van der Waals surface area contributed by atoms with Gasteiger partial charge in [0.25, 0.3) is 5.91 Å². The van der Waals surface area contributed by atoms with Gasteiger partial charge in [-0.25, -0.2) is 4.79 Å². The van der Waals surface area contributed by atoms with Gasteiger partial charge in [-0.1, -0.05) is 12.8 Å². The zero-order chi connectivity index (χ0) is 18.5. The molecule has 6 heteroatoms. The van der Waals surface area contributed by atoms with Gasteiger partial charge in [0.15, 0.2) is 6.61 Å². The summed E-state index contributed by atoms with van der Waals surface area (Å²) in [6.45, 7) is 0.542. The number of rotatable bonds is 5. The quantitative estimate of drug-likeness (QED) is 0.754. The highest BCUT2D eigenvalue weighted by molar-refractivity contribution is 5.94. The van der Waals surface area contributed by atoms with Crippen molar-refractivity contribution in [3.05, 3.63) is 23.8 Å². The van der Waals surface area contributed by atoms with Gasteiger partial charge in [0.05, 0.1) is 14.2 Å². The molecule has 26 heavy (non-hydrogen) atoms. The topological polar surface area (TPSA) is 65.1 Å². The van der Waals surface area contributed by atoms with Gasteiger partial charge in [0.1, 0.15) is 17.1 Å². The fraction of sp³-hybridized carbons (Fsp3) is 0.600. The first-order valence-corrected chi connectivity index (χ1v) is 9.32. The Hall–Kier alpha value is -2.24. The Morgan fingerprint density at radius 1 is 1.08 bits per heavy atom. The number of likely N-dealkylation sites (tertiary alicyclic amines) is 1. The lowest BCUT2D eigenvalue weighted by atomic mass is 9.78. The highest BCUT2D eigenvalue weighted by Gasteiger charge is 2.35. The molecule has 0 spiro atoms. The van der Waals surface area contributed by atoms with Gasteiger partial charge in [-0.15, -0.1) is 0 Å². The van der Waals surface area contributed by atoms with E-state index >= 15 is 0 Å². The van der Waals surface area contributed by atoms with Crippen LogP contribution in [0.2, 0.25) is 0 Å². The Morgan fingerprint density at radius 2 is 1.85 bits per heavy atom. The maximum absolute atomic E-state index is 12.6. The third kappa shape index (κ3) is 3.94. The SMILES string of the molecule is COc1ccc(C(=O)OCC(=O)N2CCC[C@H]3CCCC[C@H]32)c(OC)c1. The molecule has 2 aliphatic rings. The molecule has 1 aliphatic carbocycles. The molecule has 1 aromatic carbocycles. The summed E-state index contributed by atoms with van der Waals surface area (Å²) in [7, 11) is 3.02. The van der Waals surface area contributed by atoms with Crippen LogP contribution in [0.1, 0.15) is 48.9 Å². The Balaban J connectivity index is 1.61. The molecule has 1 aromatic rings. The fourth-order valence-corrected chi connectivity index (χ4v) is 4.19. The standard InChI is InChI=1S/C20H27NO5/c1-24-15-9-10-16(18(12-15)25-2)20(23)26-13-19(22)21-11-5-7-14-6-3-4-8-17(14)21/h9-10,12,14,17H,3-8,11,13H2,1-2H3/t14-,17-/m1/s1. The van der Waals surface area contributed by atoms with Crippen LogP contribution in [0.4, 0.5) is 0 Å². The van der Waals surface area contributed by atoms with Crippen molar-refractivity contribution in [3.8, 4) is 11.5 Å². The third-order valence-corrected chi connectivity index (χ3v) is 5.52. The van der Waals surface area contributed by atoms with Gasteiger partial charge in [-0.2, -0.15) is 0 Å². The van der Waals surface area contributed by atoms with Gasteiger partial charge >= 0.3 is 5.97 Å². The number of benzene rings is 1. The first-order chi connectivity index (χ1) is 12.6. The molecule has 0 N–H and O–H groups in total. The smallest absolute Gasteiger partial charge is 0.342 e. The number of ether oxygens (including phenoxy) is 3. The Kier molecular flexibility index (Phi) is 6.01. The van der Waals surface area contributed by atoms with Crippen molar-refractivity contribution in [3.63, 3.8) is 0 Å². The average Bonchev–Trinajstić information content (AvgIpc) is 2.70. The summed E-state index contributed by atoms with van der Waals surface area (Å²) in [5.74, 6) is 0.912. The average molecular weight is 361 g/mol. The number of esters is 1. The lowest BCUT2D eigenvalue weighted by molar-refractivity contribution is -0.140. The van der Waals surface area contributed by atoms with Gasteiger partial charge in [0.2, 0.25) is 0 Å². The first kappa shape index (κ1) is 18.5. The molecule has 1 saturated carbocycles. The molecule has 0 aromatic heterocycles. The second-order valence-electron chi connectivity index (χ2n) is 6.98. The minimum Gasteiger partial charge on any atom is -0.497 e. The third-order valence-electron chi connectivity index (χ3n) is 5.52. The van der Waals surface area contributed by atoms with E-state index < -0.39 is 5.97 Å². The van der Waals surface area contributed by atoms with Crippen molar-refractivity contribution >= 4 is 11.9 Å². The summed E-state index contributed by atoms with van der Waals surface area (Å²) in [6.07, 6.45) is 6.95. The number of hydrogen-bond donors (Lipinski definition) is 0. The second-order valence-corrected chi connectivity index (χ2v) is 6.98. The van der Waals surface area contributed by atoms with E-state index in [2.05, 4.69) is 0 Å². The van der Waals surface area contributed by atoms with Crippen LogP contribution in [0.15, 0.2) is 18.2 Å². The van der Waals surface area contributed by atoms with Gasteiger partial charge in [-0.05, 0) is 43.7 Å². The maximum Gasteiger partial charge on any atom is 0.342 e. The van der Waals surface area contributed by atoms with E-state index in [0.29, 0.717) is 23.5 Å². The van der Waals surface area contributed by atoms with E-state index in [1.165, 1.54) is 32.8 Å². The van der Waals surface area contributed by atoms with E-state index in [9.17, 15) is 9.59 Å². The lowest BCUT2D eigenvalue weighted by Crippen LogP contribution is -2.50. The van der Waals surface area contributed by atoms with Crippen molar-refractivity contribution in [1.29, 1.82) is 0 Å². The molecule has 2 atom stereocenters. The fourth-order valence-electron chi connectivity index (χ4n) is 4.19. The van der Waals surface area contributed by atoms with E-state index in [0.717, 1.165) is 19.4 Å². The van der Waals surface area contributed by atoms with Gasteiger partial charge in [0, 0.05) is 18.7 Å². The molecule has 6 nitrogen and oxygen atoms in total. The molecule has 142 valence electrons. The van der Waals surface area contributed by atoms with E-state index in [-0.39, 0.29) is 18.1 Å². The van der Waals surface area contributed by atoms with Crippen LogP contribution in [-0.4, -0.2) is 50.2 Å². The molecular formula is C20H27NO5. The highest BCUT2D eigenvalue weighted by atomic mass is 16.5. The zero-order valence-electron chi connectivity index (χ0n) is 15.5. The largest absolute Gasteiger partial charge is 0.497 e. The number of hydrogen-bond acceptors (Lipinski definition) is 5. The molecule has 0 bridgehead atoms. The molecule has 3 rings (SSSR count). The molecule has 2 fully saturated rings. The molecule has 1 amide bonds. The van der Waals surface area contributed by atoms with Crippen LogP contribution in [0.25, 0.3) is 0 Å². The Morgan fingerprint density at radius 3 is 2.62 bits per heavy atom. The summed E-state index contributed by atoms with van der Waals surface area (Å²) in [5, 5.41) is 0. The molecule has 0 unspecified atom stereocenters. The normalized spacial score (nSPS) is 22.3. The van der Waals surface area contributed by atoms with Crippen molar-refractivity contribution in [1.82, 2.24) is 4.90 Å². The maximum atomic E-state index is 12.6. The zero-order valence-corrected chi connectivity index (χ0v) is 15.5. The molecule has 1 aliphatic heterocycles. The van der Waals surface area contributed by atoms with Gasteiger partial charge in [-0.3, -0.25) is 4.79 Å². The molecular weight excluding hydrogens is 334 g/mol. The highest BCUT2D eigenvalue weighted by Crippen LogP contribution is 2.35. The Labute approximate surface area is 154 Å². The number of carbonyl (C=O) groups excluding carboxylic acids is 2. The number of fused-ring (bicyclic) bond motifs is 1. The van der Waals surface area contributed by atoms with Crippen molar-refractivity contribution in [2.45, 2.75) is 44.6 Å². The van der Waals surface area contributed by atoms with Crippen LogP contribution < -0.4 is 9.47 Å². The Bertz CT molecular complexity index is 658. The van der Waals surface area contributed by atoms with Crippen molar-refractivity contribution in [2.24, 2.45) is 5.92 Å². The minimum absolute atomic E-state index is 0.0950. The summed E-state index contributed by atoms with van der Waals surface area (Å²) >= 11 is 0. The van der Waals surface area contributed by atoms with Crippen LogP contribution in [0.5, 0.6) is 11.5 Å². The van der Waals surface area contributed by atoms with Crippen LogP contribution in [0, 0.1) is 5.92 Å². The number of carbonyl (C=O) groups is 2. The van der Waals surface area contributed by atoms with Crippen LogP contribution >= 0.6 is 0 Å². The number of nitrogens with zero attached hydrogens (tertiary/aromatic N) is 1. The molecule has 1 saturated heterocycles. The summed E-state index contributed by atoms with van der Waals surface area (Å²) in [6, 6.07) is 5.19. The van der Waals surface area contributed by atoms with Crippen molar-refractivity contribution < 1.29 is 23.8 Å².